The van der Waals surface area contributed by atoms with Crippen molar-refractivity contribution in [3.63, 3.8) is 0 Å². The lowest BCUT2D eigenvalue weighted by Crippen LogP contribution is -2.31. The van der Waals surface area contributed by atoms with Crippen LogP contribution in [0.25, 0.3) is 0 Å². The highest BCUT2D eigenvalue weighted by molar-refractivity contribution is 5.98. The van der Waals surface area contributed by atoms with Crippen LogP contribution in [0.3, 0.4) is 0 Å². The molecule has 0 fully saturated rings. The van der Waals surface area contributed by atoms with Crippen molar-refractivity contribution < 1.29 is 9.18 Å². The van der Waals surface area contributed by atoms with E-state index in [1.165, 1.54) is 24.3 Å². The van der Waals surface area contributed by atoms with Crippen molar-refractivity contribution in [2.45, 2.75) is 0 Å². The third kappa shape index (κ3) is 2.69. The van der Waals surface area contributed by atoms with Crippen LogP contribution in [0.2, 0.25) is 0 Å². The first-order valence-electron chi connectivity index (χ1n) is 5.47. The van der Waals surface area contributed by atoms with Crippen LogP contribution < -0.4 is 10.6 Å². The zero-order valence-electron chi connectivity index (χ0n) is 9.88. The third-order valence-corrected chi connectivity index (χ3v) is 2.52. The minimum Gasteiger partial charge on any atom is -0.351 e. The van der Waals surface area contributed by atoms with E-state index >= 15 is 0 Å². The number of carbonyl (C=O) groups excluding carboxylic acids is 1. The van der Waals surface area contributed by atoms with Gasteiger partial charge < -0.3 is 5.73 Å². The molecule has 0 aliphatic heterocycles. The van der Waals surface area contributed by atoms with Gasteiger partial charge in [-0.1, -0.05) is 12.1 Å². The summed E-state index contributed by atoms with van der Waals surface area (Å²) >= 11 is 0. The second kappa shape index (κ2) is 5.19. The summed E-state index contributed by atoms with van der Waals surface area (Å²) in [7, 11) is 0. The molecule has 2 amide bonds. The van der Waals surface area contributed by atoms with Crippen molar-refractivity contribution in [2.24, 2.45) is 5.73 Å². The average molecular weight is 255 g/mol. The van der Waals surface area contributed by atoms with E-state index in [0.717, 1.165) is 4.90 Å². The second-order valence-electron chi connectivity index (χ2n) is 3.82. The molecule has 2 aromatic rings. The lowest BCUT2D eigenvalue weighted by atomic mass is 10.2. The highest BCUT2D eigenvalue weighted by Crippen LogP contribution is 2.26. The number of amides is 2. The smallest absolute Gasteiger partial charge is 0.323 e. The average Bonchev–Trinajstić information content (AvgIpc) is 2.39. The van der Waals surface area contributed by atoms with E-state index in [2.05, 4.69) is 0 Å². The van der Waals surface area contributed by atoms with Crippen LogP contribution in [-0.2, 0) is 0 Å². The van der Waals surface area contributed by atoms with Crippen molar-refractivity contribution in [3.05, 3.63) is 59.9 Å². The summed E-state index contributed by atoms with van der Waals surface area (Å²) < 4.78 is 13.2. The van der Waals surface area contributed by atoms with Gasteiger partial charge in [-0.2, -0.15) is 5.26 Å². The Morgan fingerprint density at radius 3 is 2.37 bits per heavy atom. The summed E-state index contributed by atoms with van der Waals surface area (Å²) in [6, 6.07) is 13.1. The molecule has 0 atom stereocenters. The van der Waals surface area contributed by atoms with Gasteiger partial charge in [0.25, 0.3) is 0 Å². The van der Waals surface area contributed by atoms with E-state index in [0.29, 0.717) is 16.9 Å². The Balaban J connectivity index is 2.52. The van der Waals surface area contributed by atoms with Gasteiger partial charge in [-0.3, -0.25) is 4.90 Å². The number of carbonyl (C=O) groups is 1. The summed E-state index contributed by atoms with van der Waals surface area (Å²) in [6.07, 6.45) is 0. The first-order valence-corrected chi connectivity index (χ1v) is 5.47. The van der Waals surface area contributed by atoms with Gasteiger partial charge in [0, 0.05) is 0 Å². The number of hydrogen-bond donors (Lipinski definition) is 1. The predicted octanol–water partition coefficient (Wildman–Crippen LogP) is 2.91. The quantitative estimate of drug-likeness (QED) is 0.896. The SMILES string of the molecule is N#Cc1cccc(N(C(N)=O)c2cccc(F)c2)c1. The van der Waals surface area contributed by atoms with Crippen molar-refractivity contribution >= 4 is 17.4 Å². The summed E-state index contributed by atoms with van der Waals surface area (Å²) in [5.74, 6) is -0.472. The molecule has 0 saturated carbocycles. The zero-order chi connectivity index (χ0) is 13.8. The van der Waals surface area contributed by atoms with Crippen LogP contribution in [0.15, 0.2) is 48.5 Å². The van der Waals surface area contributed by atoms with Gasteiger partial charge >= 0.3 is 6.03 Å². The Kier molecular flexibility index (Phi) is 3.44. The molecule has 2 rings (SSSR count). The lowest BCUT2D eigenvalue weighted by molar-refractivity contribution is 0.256. The standard InChI is InChI=1S/C14H10FN3O/c15-11-4-2-6-13(8-11)18(14(17)19)12-5-1-3-10(7-12)9-16/h1-8H,(H2,17,19). The van der Waals surface area contributed by atoms with E-state index < -0.39 is 11.8 Å². The number of urea groups is 1. The monoisotopic (exact) mass is 255 g/mol. The van der Waals surface area contributed by atoms with E-state index in [-0.39, 0.29) is 0 Å². The van der Waals surface area contributed by atoms with Gasteiger partial charge in [-0.25, -0.2) is 9.18 Å². The van der Waals surface area contributed by atoms with E-state index in [1.54, 1.807) is 24.3 Å². The molecule has 0 aromatic heterocycles. The fraction of sp³-hybridized carbons (Fsp3) is 0. The van der Waals surface area contributed by atoms with Crippen LogP contribution in [0.1, 0.15) is 5.56 Å². The third-order valence-electron chi connectivity index (χ3n) is 2.52. The number of nitrogens with zero attached hydrogens (tertiary/aromatic N) is 2. The fourth-order valence-corrected chi connectivity index (χ4v) is 1.73. The number of benzene rings is 2. The molecule has 2 aromatic carbocycles. The number of halogens is 1. The number of primary amides is 1. The molecule has 0 aliphatic carbocycles. The van der Waals surface area contributed by atoms with Crippen molar-refractivity contribution in [1.29, 1.82) is 5.26 Å². The minimum atomic E-state index is -0.749. The van der Waals surface area contributed by atoms with Gasteiger partial charge in [0.05, 0.1) is 23.0 Å². The largest absolute Gasteiger partial charge is 0.351 e. The predicted molar refractivity (Wildman–Crippen MR) is 69.3 cm³/mol. The summed E-state index contributed by atoms with van der Waals surface area (Å²) in [6.45, 7) is 0. The Morgan fingerprint density at radius 1 is 1.16 bits per heavy atom. The van der Waals surface area contributed by atoms with E-state index in [1.807, 2.05) is 6.07 Å². The van der Waals surface area contributed by atoms with Crippen molar-refractivity contribution in [2.75, 3.05) is 4.90 Å². The number of nitriles is 1. The fourth-order valence-electron chi connectivity index (χ4n) is 1.73. The number of hydrogen-bond acceptors (Lipinski definition) is 2. The van der Waals surface area contributed by atoms with Crippen LogP contribution in [0.4, 0.5) is 20.6 Å². The highest BCUT2D eigenvalue weighted by atomic mass is 19.1. The molecule has 0 aliphatic rings. The molecular weight excluding hydrogens is 245 g/mol. The molecule has 19 heavy (non-hydrogen) atoms. The Morgan fingerprint density at radius 2 is 1.79 bits per heavy atom. The number of nitrogens with two attached hydrogens (primary N) is 1. The van der Waals surface area contributed by atoms with Gasteiger partial charge in [-0.15, -0.1) is 0 Å². The summed E-state index contributed by atoms with van der Waals surface area (Å²) in [4.78, 5) is 12.7. The van der Waals surface area contributed by atoms with Crippen LogP contribution in [0, 0.1) is 17.1 Å². The Hall–Kier alpha value is -2.87. The molecular formula is C14H10FN3O. The molecule has 0 saturated heterocycles. The molecule has 2 N–H and O–H groups in total. The van der Waals surface area contributed by atoms with Crippen LogP contribution in [-0.4, -0.2) is 6.03 Å². The van der Waals surface area contributed by atoms with Gasteiger partial charge in [0.1, 0.15) is 5.82 Å². The topological polar surface area (TPSA) is 70.1 Å². The van der Waals surface area contributed by atoms with E-state index in [9.17, 15) is 9.18 Å². The first-order chi connectivity index (χ1) is 9.11. The summed E-state index contributed by atoms with van der Waals surface area (Å²) in [5.41, 5.74) is 6.44. The Bertz CT molecular complexity index is 664. The second-order valence-corrected chi connectivity index (χ2v) is 3.82. The van der Waals surface area contributed by atoms with Crippen LogP contribution >= 0.6 is 0 Å². The number of anilines is 2. The molecule has 0 unspecified atom stereocenters. The van der Waals surface area contributed by atoms with Crippen molar-refractivity contribution in [3.8, 4) is 6.07 Å². The van der Waals surface area contributed by atoms with Gasteiger partial charge in [-0.05, 0) is 36.4 Å². The minimum absolute atomic E-state index is 0.308. The molecule has 0 radical (unpaired) electrons. The molecule has 4 nitrogen and oxygen atoms in total. The van der Waals surface area contributed by atoms with Gasteiger partial charge in [0.2, 0.25) is 0 Å². The van der Waals surface area contributed by atoms with Crippen LogP contribution in [0.5, 0.6) is 0 Å². The zero-order valence-corrected chi connectivity index (χ0v) is 9.88. The lowest BCUT2D eigenvalue weighted by Gasteiger charge is -2.20. The first kappa shape index (κ1) is 12.6. The Labute approximate surface area is 109 Å². The molecule has 0 heterocycles. The summed E-state index contributed by atoms with van der Waals surface area (Å²) in [5, 5.41) is 8.85. The molecule has 94 valence electrons. The molecule has 5 heteroatoms. The molecule has 0 spiro atoms. The molecule has 0 bridgehead atoms. The number of rotatable bonds is 2. The van der Waals surface area contributed by atoms with Gasteiger partial charge in [0.15, 0.2) is 0 Å². The maximum absolute atomic E-state index is 13.2. The normalized spacial score (nSPS) is 9.68. The van der Waals surface area contributed by atoms with E-state index in [4.69, 9.17) is 11.0 Å². The maximum atomic E-state index is 13.2. The van der Waals surface area contributed by atoms with Crippen molar-refractivity contribution in [1.82, 2.24) is 0 Å². The highest BCUT2D eigenvalue weighted by Gasteiger charge is 2.15. The maximum Gasteiger partial charge on any atom is 0.323 e.